The van der Waals surface area contributed by atoms with Crippen molar-refractivity contribution in [3.05, 3.63) is 33.8 Å². The number of rotatable bonds is 0. The molecule has 0 amide bonds. The summed E-state index contributed by atoms with van der Waals surface area (Å²) in [5.74, 6) is 0. The Labute approximate surface area is 80.5 Å². The molecule has 64 valence electrons. The predicted molar refractivity (Wildman–Crippen MR) is 52.0 cm³/mol. The van der Waals surface area contributed by atoms with Crippen LogP contribution in [0.5, 0.6) is 0 Å². The molecule has 1 aliphatic rings. The number of hydrogen-bond acceptors (Lipinski definition) is 1. The normalized spacial score (nSPS) is 27.2. The van der Waals surface area contributed by atoms with Crippen molar-refractivity contribution in [1.29, 1.82) is 0 Å². The van der Waals surface area contributed by atoms with E-state index in [1.54, 1.807) is 0 Å². The Bertz CT molecular complexity index is 318. The second-order valence-corrected chi connectivity index (χ2v) is 4.40. The highest BCUT2D eigenvalue weighted by Gasteiger charge is 2.33. The van der Waals surface area contributed by atoms with Crippen molar-refractivity contribution in [3.63, 3.8) is 0 Å². The first-order valence-corrected chi connectivity index (χ1v) is 4.91. The molecule has 0 fully saturated rings. The molecule has 0 saturated carbocycles. The number of fused-ring (bicyclic) bond motifs is 1. The van der Waals surface area contributed by atoms with Crippen LogP contribution in [0.25, 0.3) is 0 Å². The second kappa shape index (κ2) is 2.57. The van der Waals surface area contributed by atoms with Gasteiger partial charge in [-0.1, -0.05) is 28.1 Å². The van der Waals surface area contributed by atoms with Gasteiger partial charge in [-0.15, -0.1) is 0 Å². The number of aryl methyl sites for hydroxylation is 1. The molecule has 0 bridgehead atoms. The van der Waals surface area contributed by atoms with Crippen molar-refractivity contribution < 1.29 is 5.11 Å². The Morgan fingerprint density at radius 3 is 2.92 bits per heavy atom. The van der Waals surface area contributed by atoms with Crippen LogP contribution in [-0.2, 0) is 12.0 Å². The van der Waals surface area contributed by atoms with Crippen LogP contribution in [0, 0.1) is 0 Å². The number of benzene rings is 1. The van der Waals surface area contributed by atoms with Gasteiger partial charge in [0.2, 0.25) is 0 Å². The van der Waals surface area contributed by atoms with Crippen molar-refractivity contribution >= 4 is 15.9 Å². The summed E-state index contributed by atoms with van der Waals surface area (Å²) >= 11 is 3.46. The largest absolute Gasteiger partial charge is 0.385 e. The molecular formula is C10H11BrO. The van der Waals surface area contributed by atoms with Gasteiger partial charge in [0.1, 0.15) is 0 Å². The van der Waals surface area contributed by atoms with Gasteiger partial charge in [-0.2, -0.15) is 0 Å². The Morgan fingerprint density at radius 2 is 2.25 bits per heavy atom. The van der Waals surface area contributed by atoms with E-state index in [9.17, 15) is 5.11 Å². The van der Waals surface area contributed by atoms with E-state index in [0.29, 0.717) is 0 Å². The Hall–Kier alpha value is -0.340. The standard InChI is InChI=1S/C10H11BrO/c1-10(12)6-5-7-3-2-4-8(11)9(7)10/h2-4,12H,5-6H2,1H3/t10-/m1/s1. The van der Waals surface area contributed by atoms with Gasteiger partial charge in [0.25, 0.3) is 0 Å². The minimum absolute atomic E-state index is 0.630. The van der Waals surface area contributed by atoms with Crippen molar-refractivity contribution in [2.45, 2.75) is 25.4 Å². The van der Waals surface area contributed by atoms with Crippen molar-refractivity contribution in [3.8, 4) is 0 Å². The summed E-state index contributed by atoms with van der Waals surface area (Å²) in [4.78, 5) is 0. The molecule has 1 N–H and O–H groups in total. The van der Waals surface area contributed by atoms with E-state index in [1.165, 1.54) is 5.56 Å². The van der Waals surface area contributed by atoms with E-state index in [2.05, 4.69) is 22.0 Å². The molecule has 1 aromatic rings. The maximum atomic E-state index is 10.00. The molecule has 0 radical (unpaired) electrons. The van der Waals surface area contributed by atoms with Crippen LogP contribution in [0.3, 0.4) is 0 Å². The minimum Gasteiger partial charge on any atom is -0.385 e. The quantitative estimate of drug-likeness (QED) is 0.722. The van der Waals surface area contributed by atoms with Gasteiger partial charge >= 0.3 is 0 Å². The summed E-state index contributed by atoms with van der Waals surface area (Å²) < 4.78 is 1.03. The molecule has 0 aliphatic heterocycles. The number of halogens is 1. The van der Waals surface area contributed by atoms with Gasteiger partial charge in [0.05, 0.1) is 5.60 Å². The van der Waals surface area contributed by atoms with E-state index in [0.717, 1.165) is 22.9 Å². The summed E-state index contributed by atoms with van der Waals surface area (Å²) in [7, 11) is 0. The first-order chi connectivity index (χ1) is 5.61. The highest BCUT2D eigenvalue weighted by molar-refractivity contribution is 9.10. The molecule has 0 heterocycles. The minimum atomic E-state index is -0.630. The average Bonchev–Trinajstić information content (AvgIpc) is 2.29. The molecule has 0 aromatic heterocycles. The van der Waals surface area contributed by atoms with E-state index < -0.39 is 5.60 Å². The molecular weight excluding hydrogens is 216 g/mol. The van der Waals surface area contributed by atoms with Crippen LogP contribution in [0.1, 0.15) is 24.5 Å². The Balaban J connectivity index is 2.64. The molecule has 1 nitrogen and oxygen atoms in total. The lowest BCUT2D eigenvalue weighted by molar-refractivity contribution is 0.0588. The molecule has 1 aliphatic carbocycles. The molecule has 12 heavy (non-hydrogen) atoms. The molecule has 0 unspecified atom stereocenters. The zero-order valence-corrected chi connectivity index (χ0v) is 8.56. The highest BCUT2D eigenvalue weighted by Crippen LogP contribution is 2.40. The van der Waals surface area contributed by atoms with Gasteiger partial charge in [0.15, 0.2) is 0 Å². The van der Waals surface area contributed by atoms with Crippen LogP contribution in [-0.4, -0.2) is 5.11 Å². The smallest absolute Gasteiger partial charge is 0.0885 e. The Kier molecular flexibility index (Phi) is 1.77. The summed E-state index contributed by atoms with van der Waals surface area (Å²) in [6.45, 7) is 1.88. The first kappa shape index (κ1) is 8.27. The monoisotopic (exact) mass is 226 g/mol. The number of hydrogen-bond donors (Lipinski definition) is 1. The topological polar surface area (TPSA) is 20.2 Å². The van der Waals surface area contributed by atoms with Crippen LogP contribution in [0.15, 0.2) is 22.7 Å². The maximum absolute atomic E-state index is 10.00. The van der Waals surface area contributed by atoms with Crippen LogP contribution < -0.4 is 0 Å². The zero-order chi connectivity index (χ0) is 8.77. The van der Waals surface area contributed by atoms with E-state index >= 15 is 0 Å². The molecule has 1 atom stereocenters. The van der Waals surface area contributed by atoms with Gasteiger partial charge in [-0.25, -0.2) is 0 Å². The number of aliphatic hydroxyl groups is 1. The summed E-state index contributed by atoms with van der Waals surface area (Å²) in [5.41, 5.74) is 1.72. The summed E-state index contributed by atoms with van der Waals surface area (Å²) in [6.07, 6.45) is 1.83. The molecule has 2 heteroatoms. The molecule has 2 rings (SSSR count). The highest BCUT2D eigenvalue weighted by atomic mass is 79.9. The Morgan fingerprint density at radius 1 is 1.50 bits per heavy atom. The third-order valence-electron chi connectivity index (χ3n) is 2.52. The van der Waals surface area contributed by atoms with Crippen molar-refractivity contribution in [2.75, 3.05) is 0 Å². The fourth-order valence-corrected chi connectivity index (χ4v) is 2.72. The van der Waals surface area contributed by atoms with E-state index in [1.807, 2.05) is 19.1 Å². The summed E-state index contributed by atoms with van der Waals surface area (Å²) in [6, 6.07) is 6.09. The van der Waals surface area contributed by atoms with Crippen LogP contribution in [0.2, 0.25) is 0 Å². The van der Waals surface area contributed by atoms with E-state index in [-0.39, 0.29) is 0 Å². The molecule has 0 spiro atoms. The lowest BCUT2D eigenvalue weighted by atomic mass is 9.99. The first-order valence-electron chi connectivity index (χ1n) is 4.11. The lowest BCUT2D eigenvalue weighted by Crippen LogP contribution is -2.16. The van der Waals surface area contributed by atoms with Crippen LogP contribution >= 0.6 is 15.9 Å². The van der Waals surface area contributed by atoms with E-state index in [4.69, 9.17) is 0 Å². The fraction of sp³-hybridized carbons (Fsp3) is 0.400. The third kappa shape index (κ3) is 1.10. The van der Waals surface area contributed by atoms with Gasteiger partial charge in [0, 0.05) is 10.0 Å². The van der Waals surface area contributed by atoms with Crippen molar-refractivity contribution in [2.24, 2.45) is 0 Å². The summed E-state index contributed by atoms with van der Waals surface area (Å²) in [5, 5.41) is 10.00. The van der Waals surface area contributed by atoms with Gasteiger partial charge in [-0.05, 0) is 31.4 Å². The second-order valence-electron chi connectivity index (χ2n) is 3.55. The SMILES string of the molecule is C[C@@]1(O)CCc2cccc(Br)c21. The van der Waals surface area contributed by atoms with Crippen molar-refractivity contribution in [1.82, 2.24) is 0 Å². The van der Waals surface area contributed by atoms with Gasteiger partial charge < -0.3 is 5.11 Å². The third-order valence-corrected chi connectivity index (χ3v) is 3.18. The van der Waals surface area contributed by atoms with Gasteiger partial charge in [-0.3, -0.25) is 0 Å². The molecule has 1 aromatic carbocycles. The molecule has 0 saturated heterocycles. The predicted octanol–water partition coefficient (Wildman–Crippen LogP) is 2.60. The maximum Gasteiger partial charge on any atom is 0.0885 e. The zero-order valence-electron chi connectivity index (χ0n) is 6.97. The lowest BCUT2D eigenvalue weighted by Gasteiger charge is -2.18. The average molecular weight is 227 g/mol. The fourth-order valence-electron chi connectivity index (χ4n) is 1.88. The van der Waals surface area contributed by atoms with Crippen LogP contribution in [0.4, 0.5) is 0 Å².